The van der Waals surface area contributed by atoms with Crippen molar-refractivity contribution in [2.45, 2.75) is 13.0 Å². The summed E-state index contributed by atoms with van der Waals surface area (Å²) >= 11 is 0. The van der Waals surface area contributed by atoms with Crippen molar-refractivity contribution in [2.75, 3.05) is 0 Å². The van der Waals surface area contributed by atoms with Crippen molar-refractivity contribution in [3.05, 3.63) is 66.5 Å². The fraction of sp³-hybridized carbons (Fsp3) is 0.133. The molecule has 0 aliphatic carbocycles. The lowest BCUT2D eigenvalue weighted by molar-refractivity contribution is 0.710. The van der Waals surface area contributed by atoms with Gasteiger partial charge >= 0.3 is 0 Å². The molecule has 0 unspecified atom stereocenters. The molecule has 0 N–H and O–H groups in total. The third-order valence-corrected chi connectivity index (χ3v) is 2.93. The summed E-state index contributed by atoms with van der Waals surface area (Å²) in [7, 11) is 0. The standard InChI is InChI=1S/C15H13N2/c1-2-6-13(7-3-1)10-11-17-12-16-14-8-4-5-9-15(14)17/h1-9H,10-11H2. The van der Waals surface area contributed by atoms with Gasteiger partial charge in [-0.2, -0.15) is 0 Å². The van der Waals surface area contributed by atoms with E-state index >= 15 is 0 Å². The van der Waals surface area contributed by atoms with Gasteiger partial charge < -0.3 is 4.57 Å². The molecule has 0 bridgehead atoms. The fourth-order valence-electron chi connectivity index (χ4n) is 2.01. The van der Waals surface area contributed by atoms with E-state index in [0.717, 1.165) is 24.0 Å². The second-order valence-corrected chi connectivity index (χ2v) is 4.09. The van der Waals surface area contributed by atoms with Gasteiger partial charge in [0.2, 0.25) is 0 Å². The molecule has 83 valence electrons. The second kappa shape index (κ2) is 4.42. The molecule has 0 amide bonds. The number of aryl methyl sites for hydroxylation is 2. The summed E-state index contributed by atoms with van der Waals surface area (Å²) in [6.07, 6.45) is 4.06. The molecule has 0 fully saturated rings. The number of rotatable bonds is 3. The van der Waals surface area contributed by atoms with Crippen molar-refractivity contribution < 1.29 is 0 Å². The molecule has 1 radical (unpaired) electrons. The zero-order chi connectivity index (χ0) is 11.5. The smallest absolute Gasteiger partial charge is 0.177 e. The average molecular weight is 221 g/mol. The summed E-state index contributed by atoms with van der Waals surface area (Å²) in [5, 5.41) is 0. The number of hydrogen-bond acceptors (Lipinski definition) is 1. The highest BCUT2D eigenvalue weighted by Crippen LogP contribution is 2.12. The van der Waals surface area contributed by atoms with Crippen molar-refractivity contribution in [2.24, 2.45) is 0 Å². The van der Waals surface area contributed by atoms with Crippen LogP contribution in [0.1, 0.15) is 5.56 Å². The highest BCUT2D eigenvalue weighted by atomic mass is 15.0. The van der Waals surface area contributed by atoms with Gasteiger partial charge in [0.25, 0.3) is 0 Å². The molecule has 0 saturated carbocycles. The van der Waals surface area contributed by atoms with Gasteiger partial charge in [0.15, 0.2) is 6.33 Å². The van der Waals surface area contributed by atoms with Crippen molar-refractivity contribution in [3.8, 4) is 0 Å². The molecule has 0 aliphatic heterocycles. The molecule has 1 heterocycles. The Morgan fingerprint density at radius 3 is 2.59 bits per heavy atom. The first-order valence-corrected chi connectivity index (χ1v) is 5.80. The Kier molecular flexibility index (Phi) is 2.62. The minimum atomic E-state index is 0.921. The van der Waals surface area contributed by atoms with Crippen LogP contribution in [0.15, 0.2) is 54.6 Å². The van der Waals surface area contributed by atoms with Crippen LogP contribution in [0, 0.1) is 6.33 Å². The number of imidazole rings is 1. The minimum absolute atomic E-state index is 0.921. The maximum Gasteiger partial charge on any atom is 0.177 e. The van der Waals surface area contributed by atoms with Crippen molar-refractivity contribution in [3.63, 3.8) is 0 Å². The molecular weight excluding hydrogens is 208 g/mol. The molecule has 2 heteroatoms. The molecule has 1 aromatic heterocycles. The van der Waals surface area contributed by atoms with E-state index in [1.54, 1.807) is 0 Å². The van der Waals surface area contributed by atoms with E-state index < -0.39 is 0 Å². The van der Waals surface area contributed by atoms with Crippen LogP contribution in [0.5, 0.6) is 0 Å². The summed E-state index contributed by atoms with van der Waals surface area (Å²) in [5.41, 5.74) is 3.52. The minimum Gasteiger partial charge on any atom is -0.321 e. The summed E-state index contributed by atoms with van der Waals surface area (Å²) in [5.74, 6) is 0. The van der Waals surface area contributed by atoms with Crippen molar-refractivity contribution in [1.29, 1.82) is 0 Å². The summed E-state index contributed by atoms with van der Waals surface area (Å²) < 4.78 is 2.09. The van der Waals surface area contributed by atoms with E-state index in [2.05, 4.69) is 46.2 Å². The number of benzene rings is 2. The van der Waals surface area contributed by atoms with E-state index in [9.17, 15) is 0 Å². The lowest BCUT2D eigenvalue weighted by Gasteiger charge is -2.03. The van der Waals surface area contributed by atoms with Crippen LogP contribution < -0.4 is 0 Å². The molecule has 0 aliphatic rings. The molecular formula is C15H13N2. The van der Waals surface area contributed by atoms with Crippen LogP contribution in [0.25, 0.3) is 11.0 Å². The van der Waals surface area contributed by atoms with Gasteiger partial charge in [-0.15, -0.1) is 0 Å². The topological polar surface area (TPSA) is 17.8 Å². The average Bonchev–Trinajstić information content (AvgIpc) is 2.81. The predicted octanol–water partition coefficient (Wildman–Crippen LogP) is 3.08. The number of fused-ring (bicyclic) bond motifs is 1. The molecule has 0 spiro atoms. The molecule has 3 rings (SSSR count). The van der Waals surface area contributed by atoms with E-state index in [1.807, 2.05) is 24.3 Å². The molecule has 17 heavy (non-hydrogen) atoms. The summed E-state index contributed by atoms with van der Waals surface area (Å²) in [6, 6.07) is 18.6. The largest absolute Gasteiger partial charge is 0.321 e. The fourth-order valence-corrected chi connectivity index (χ4v) is 2.01. The van der Waals surface area contributed by atoms with Crippen LogP contribution in [0.3, 0.4) is 0 Å². The zero-order valence-corrected chi connectivity index (χ0v) is 9.50. The number of para-hydroxylation sites is 2. The Bertz CT molecular complexity index is 611. The normalized spacial score (nSPS) is 10.8. The third kappa shape index (κ3) is 2.07. The molecule has 0 saturated heterocycles. The van der Waals surface area contributed by atoms with Gasteiger partial charge in [-0.1, -0.05) is 42.5 Å². The van der Waals surface area contributed by atoms with E-state index in [-0.39, 0.29) is 0 Å². The maximum atomic E-state index is 4.27. The van der Waals surface area contributed by atoms with Crippen LogP contribution in [0.4, 0.5) is 0 Å². The van der Waals surface area contributed by atoms with Crippen LogP contribution >= 0.6 is 0 Å². The van der Waals surface area contributed by atoms with Gasteiger partial charge in [-0.25, -0.2) is 4.98 Å². The quantitative estimate of drug-likeness (QED) is 0.664. The monoisotopic (exact) mass is 221 g/mol. The van der Waals surface area contributed by atoms with E-state index in [0.29, 0.717) is 0 Å². The Hall–Kier alpha value is -2.09. The first kappa shape index (κ1) is 10.1. The molecule has 0 atom stereocenters. The Balaban J connectivity index is 1.82. The van der Waals surface area contributed by atoms with Gasteiger partial charge in [0.05, 0.1) is 11.0 Å². The first-order chi connectivity index (χ1) is 8.43. The van der Waals surface area contributed by atoms with Gasteiger partial charge in [-0.3, -0.25) is 0 Å². The molecule has 2 nitrogen and oxygen atoms in total. The zero-order valence-electron chi connectivity index (χ0n) is 9.50. The van der Waals surface area contributed by atoms with Crippen LogP contribution in [-0.4, -0.2) is 9.55 Å². The van der Waals surface area contributed by atoms with Crippen molar-refractivity contribution >= 4 is 11.0 Å². The van der Waals surface area contributed by atoms with Crippen molar-refractivity contribution in [1.82, 2.24) is 9.55 Å². The van der Waals surface area contributed by atoms with Crippen LogP contribution in [-0.2, 0) is 13.0 Å². The predicted molar refractivity (Wildman–Crippen MR) is 68.7 cm³/mol. The Labute approximate surface area is 101 Å². The number of aromatic nitrogens is 2. The SMILES string of the molecule is [c]1nc2ccccc2n1CCc1ccccc1. The number of hydrogen-bond donors (Lipinski definition) is 0. The van der Waals surface area contributed by atoms with Crippen LogP contribution in [0.2, 0.25) is 0 Å². The highest BCUT2D eigenvalue weighted by molar-refractivity contribution is 5.74. The van der Waals surface area contributed by atoms with E-state index in [4.69, 9.17) is 0 Å². The van der Waals surface area contributed by atoms with E-state index in [1.165, 1.54) is 5.56 Å². The summed E-state index contributed by atoms with van der Waals surface area (Å²) in [6.45, 7) is 0.921. The molecule has 3 aromatic rings. The van der Waals surface area contributed by atoms with Gasteiger partial charge in [0, 0.05) is 6.54 Å². The van der Waals surface area contributed by atoms with Gasteiger partial charge in [0.1, 0.15) is 0 Å². The lowest BCUT2D eigenvalue weighted by Crippen LogP contribution is -1.99. The first-order valence-electron chi connectivity index (χ1n) is 5.80. The Morgan fingerprint density at radius 1 is 0.941 bits per heavy atom. The number of nitrogens with zero attached hydrogens (tertiary/aromatic N) is 2. The second-order valence-electron chi connectivity index (χ2n) is 4.09. The third-order valence-electron chi connectivity index (χ3n) is 2.93. The molecule has 2 aromatic carbocycles. The maximum absolute atomic E-state index is 4.27. The Morgan fingerprint density at radius 2 is 1.71 bits per heavy atom. The van der Waals surface area contributed by atoms with Gasteiger partial charge in [-0.05, 0) is 24.1 Å². The lowest BCUT2D eigenvalue weighted by atomic mass is 10.1. The summed E-state index contributed by atoms with van der Waals surface area (Å²) in [4.78, 5) is 4.27. The highest BCUT2D eigenvalue weighted by Gasteiger charge is 2.01.